The first kappa shape index (κ1) is 19.7. The van der Waals surface area contributed by atoms with Gasteiger partial charge in [-0.05, 0) is 17.7 Å². The molecule has 2 aromatic carbocycles. The highest BCUT2D eigenvalue weighted by atomic mass is 32.2. The van der Waals surface area contributed by atoms with Crippen LogP contribution in [0.15, 0.2) is 65.6 Å². The van der Waals surface area contributed by atoms with Crippen molar-refractivity contribution in [2.24, 2.45) is 5.41 Å². The Hall–Kier alpha value is -2.60. The predicted molar refractivity (Wildman–Crippen MR) is 99.0 cm³/mol. The molecule has 1 unspecified atom stereocenters. The molecule has 0 radical (unpaired) electrons. The Morgan fingerprint density at radius 2 is 1.50 bits per heavy atom. The highest BCUT2D eigenvalue weighted by Gasteiger charge is 2.41. The maximum absolute atomic E-state index is 12.7. The van der Waals surface area contributed by atoms with E-state index in [0.29, 0.717) is 5.56 Å². The topological polar surface area (TPSA) is 99.6 Å². The molecule has 2 aromatic rings. The Balaban J connectivity index is 2.53. The van der Waals surface area contributed by atoms with Crippen LogP contribution >= 0.6 is 0 Å². The van der Waals surface area contributed by atoms with Crippen molar-refractivity contribution in [2.75, 3.05) is 0 Å². The molecule has 0 spiro atoms. The minimum atomic E-state index is -3.94. The van der Waals surface area contributed by atoms with Crippen molar-refractivity contribution in [3.63, 3.8) is 0 Å². The van der Waals surface area contributed by atoms with Crippen LogP contribution in [0.4, 0.5) is 0 Å². The van der Waals surface area contributed by atoms with Gasteiger partial charge >= 0.3 is 5.71 Å². The van der Waals surface area contributed by atoms with E-state index in [1.54, 1.807) is 69.3 Å². The average Bonchev–Trinajstić information content (AvgIpc) is 2.62. The molecule has 6 nitrogen and oxygen atoms in total. The summed E-state index contributed by atoms with van der Waals surface area (Å²) in [5.41, 5.74) is 8.89. The molecule has 2 rings (SSSR count). The van der Waals surface area contributed by atoms with E-state index < -0.39 is 27.3 Å². The van der Waals surface area contributed by atoms with Crippen molar-refractivity contribution in [3.05, 3.63) is 71.8 Å². The largest absolute Gasteiger partial charge is 0.361 e. The van der Waals surface area contributed by atoms with E-state index in [0.717, 1.165) is 0 Å². The van der Waals surface area contributed by atoms with Crippen molar-refractivity contribution in [1.29, 1.82) is 0 Å². The van der Waals surface area contributed by atoms with Gasteiger partial charge in [0.05, 0.1) is 4.90 Å². The molecule has 0 aromatic heterocycles. The number of sulfonamides is 1. The third-order valence-electron chi connectivity index (χ3n) is 3.75. The second-order valence-corrected chi connectivity index (χ2v) is 8.56. The van der Waals surface area contributed by atoms with E-state index >= 15 is 0 Å². The Morgan fingerprint density at radius 3 is 1.96 bits per heavy atom. The number of Topliss-reactive ketones (excluding diaryl/α,β-unsaturated/α-hetero) is 1. The average molecular weight is 371 g/mol. The number of carbonyl (C=O) groups is 1. The van der Waals surface area contributed by atoms with Crippen LogP contribution in [0, 0.1) is 5.41 Å². The molecule has 0 fully saturated rings. The normalized spacial score (nSPS) is 12.9. The van der Waals surface area contributed by atoms with Gasteiger partial charge in [0.2, 0.25) is 15.8 Å². The first-order valence-corrected chi connectivity index (χ1v) is 9.54. The zero-order valence-electron chi connectivity index (χ0n) is 14.9. The SMILES string of the molecule is CC(C)(C)C(=O)C(=[N+]=[N-])C(NS(=O)(=O)c1ccccc1)c1ccccc1. The second kappa shape index (κ2) is 7.74. The molecule has 0 bridgehead atoms. The molecule has 0 saturated carbocycles. The molecule has 26 heavy (non-hydrogen) atoms. The number of hydrogen-bond donors (Lipinski definition) is 1. The van der Waals surface area contributed by atoms with E-state index in [1.807, 2.05) is 0 Å². The van der Waals surface area contributed by atoms with E-state index in [2.05, 4.69) is 9.51 Å². The summed E-state index contributed by atoms with van der Waals surface area (Å²) in [5, 5.41) is 0. The quantitative estimate of drug-likeness (QED) is 0.480. The van der Waals surface area contributed by atoms with Crippen molar-refractivity contribution < 1.29 is 18.0 Å². The number of carbonyl (C=O) groups excluding carboxylic acids is 1. The van der Waals surface area contributed by atoms with Crippen LogP contribution in [0.5, 0.6) is 0 Å². The van der Waals surface area contributed by atoms with Gasteiger partial charge in [0.1, 0.15) is 0 Å². The summed E-state index contributed by atoms with van der Waals surface area (Å²) in [7, 11) is -3.94. The van der Waals surface area contributed by atoms with Crippen LogP contribution in [0.25, 0.3) is 5.53 Å². The van der Waals surface area contributed by atoms with Gasteiger partial charge in [0, 0.05) is 5.41 Å². The highest BCUT2D eigenvalue weighted by Crippen LogP contribution is 2.24. The summed E-state index contributed by atoms with van der Waals surface area (Å²) >= 11 is 0. The van der Waals surface area contributed by atoms with E-state index in [9.17, 15) is 18.7 Å². The van der Waals surface area contributed by atoms with Gasteiger partial charge < -0.3 is 5.53 Å². The van der Waals surface area contributed by atoms with E-state index in [4.69, 9.17) is 0 Å². The van der Waals surface area contributed by atoms with Crippen LogP contribution in [0.3, 0.4) is 0 Å². The number of hydrogen-bond acceptors (Lipinski definition) is 3. The zero-order chi connectivity index (χ0) is 19.4. The van der Waals surface area contributed by atoms with Gasteiger partial charge in [-0.1, -0.05) is 69.3 Å². The molecule has 0 aliphatic rings. The monoisotopic (exact) mass is 371 g/mol. The molecule has 0 saturated heterocycles. The lowest BCUT2D eigenvalue weighted by atomic mass is 9.84. The van der Waals surface area contributed by atoms with Crippen LogP contribution in [0.1, 0.15) is 32.4 Å². The Labute approximate surface area is 153 Å². The standard InChI is InChI=1S/C19H21N3O3S/c1-19(2,3)18(23)17(21-20)16(14-10-6-4-7-11-14)22-26(24,25)15-12-8-5-9-13-15/h4-13,16,22H,1-3H3. The molecule has 0 amide bonds. The highest BCUT2D eigenvalue weighted by molar-refractivity contribution is 7.89. The van der Waals surface area contributed by atoms with Crippen LogP contribution in [-0.2, 0) is 14.8 Å². The number of nitrogens with zero attached hydrogens (tertiary/aromatic N) is 2. The Morgan fingerprint density at radius 1 is 1.00 bits per heavy atom. The third kappa shape index (κ3) is 4.52. The van der Waals surface area contributed by atoms with Gasteiger partial charge in [-0.15, -0.1) is 0 Å². The maximum atomic E-state index is 12.7. The second-order valence-electron chi connectivity index (χ2n) is 6.84. The van der Waals surface area contributed by atoms with Gasteiger partial charge in [0.25, 0.3) is 0 Å². The van der Waals surface area contributed by atoms with Crippen LogP contribution in [-0.4, -0.2) is 24.7 Å². The fourth-order valence-corrected chi connectivity index (χ4v) is 3.58. The fourth-order valence-electron chi connectivity index (χ4n) is 2.37. The predicted octanol–water partition coefficient (Wildman–Crippen LogP) is 2.99. The summed E-state index contributed by atoms with van der Waals surface area (Å²) in [5.74, 6) is -0.454. The summed E-state index contributed by atoms with van der Waals surface area (Å²) in [6.45, 7) is 5.02. The molecule has 0 heterocycles. The van der Waals surface area contributed by atoms with E-state index in [-0.39, 0.29) is 10.6 Å². The number of benzene rings is 2. The number of nitrogens with one attached hydrogen (secondary N) is 1. The molecule has 136 valence electrons. The minimum absolute atomic E-state index is 0.0569. The number of ketones is 1. The van der Waals surface area contributed by atoms with Crippen molar-refractivity contribution in [2.45, 2.75) is 31.7 Å². The van der Waals surface area contributed by atoms with Gasteiger partial charge in [-0.2, -0.15) is 9.51 Å². The first-order valence-electron chi connectivity index (χ1n) is 8.06. The van der Waals surface area contributed by atoms with Crippen LogP contribution in [0.2, 0.25) is 0 Å². The zero-order valence-corrected chi connectivity index (χ0v) is 15.7. The molecular formula is C19H21N3O3S. The summed E-state index contributed by atoms with van der Waals surface area (Å²) in [6.07, 6.45) is 0. The third-order valence-corrected chi connectivity index (χ3v) is 5.19. The van der Waals surface area contributed by atoms with Crippen molar-refractivity contribution in [1.82, 2.24) is 4.72 Å². The Kier molecular flexibility index (Phi) is 5.87. The van der Waals surface area contributed by atoms with Gasteiger partial charge in [-0.25, -0.2) is 8.42 Å². The minimum Gasteiger partial charge on any atom is -0.361 e. The molecule has 7 heteroatoms. The molecule has 1 atom stereocenters. The summed E-state index contributed by atoms with van der Waals surface area (Å²) < 4.78 is 28.0. The smallest absolute Gasteiger partial charge is 0.357 e. The van der Waals surface area contributed by atoms with Crippen molar-refractivity contribution in [3.8, 4) is 0 Å². The number of rotatable bonds is 6. The molecular weight excluding hydrogens is 350 g/mol. The van der Waals surface area contributed by atoms with Crippen LogP contribution < -0.4 is 4.72 Å². The van der Waals surface area contributed by atoms with E-state index in [1.165, 1.54) is 12.1 Å². The lowest BCUT2D eigenvalue weighted by Crippen LogP contribution is -2.41. The lowest BCUT2D eigenvalue weighted by molar-refractivity contribution is -0.124. The summed E-state index contributed by atoms with van der Waals surface area (Å²) in [4.78, 5) is 15.9. The Bertz CT molecular complexity index is 927. The molecule has 0 aliphatic heterocycles. The lowest BCUT2D eigenvalue weighted by Gasteiger charge is -2.19. The summed E-state index contributed by atoms with van der Waals surface area (Å²) in [6, 6.07) is 15.2. The molecule has 1 N–H and O–H groups in total. The van der Waals surface area contributed by atoms with Gasteiger partial charge in [-0.3, -0.25) is 4.79 Å². The van der Waals surface area contributed by atoms with Crippen molar-refractivity contribution >= 4 is 21.5 Å². The maximum Gasteiger partial charge on any atom is 0.357 e. The first-order chi connectivity index (χ1) is 12.2. The fraction of sp³-hybridized carbons (Fsp3) is 0.263. The molecule has 0 aliphatic carbocycles. The van der Waals surface area contributed by atoms with Gasteiger partial charge in [0.15, 0.2) is 6.04 Å².